The average molecular weight is 228 g/mol. The van der Waals surface area contributed by atoms with Crippen molar-refractivity contribution in [1.29, 1.82) is 5.26 Å². The van der Waals surface area contributed by atoms with E-state index in [1.165, 1.54) is 12.4 Å². The van der Waals surface area contributed by atoms with Gasteiger partial charge in [0, 0.05) is 18.4 Å². The lowest BCUT2D eigenvalue weighted by atomic mass is 10.2. The zero-order chi connectivity index (χ0) is 11.3. The van der Waals surface area contributed by atoms with Crippen LogP contribution in [0.25, 0.3) is 0 Å². The summed E-state index contributed by atoms with van der Waals surface area (Å²) in [5, 5.41) is 8.36. The Kier molecular flexibility index (Phi) is 3.82. The molecule has 0 aliphatic carbocycles. The smallest absolute Gasteiger partial charge is 0.274 e. The molecule has 1 rings (SSSR count). The van der Waals surface area contributed by atoms with Crippen LogP contribution >= 0.6 is 0 Å². The van der Waals surface area contributed by atoms with E-state index in [9.17, 15) is 8.42 Å². The minimum Gasteiger partial charge on any atom is -0.334 e. The van der Waals surface area contributed by atoms with E-state index in [1.54, 1.807) is 0 Å². The minimum absolute atomic E-state index is 0.126. The van der Waals surface area contributed by atoms with E-state index in [1.807, 2.05) is 13.0 Å². The van der Waals surface area contributed by atoms with Gasteiger partial charge in [-0.25, -0.2) is 18.1 Å². The summed E-state index contributed by atoms with van der Waals surface area (Å²) in [6, 6.07) is 1.56. The van der Waals surface area contributed by atoms with Gasteiger partial charge in [-0.3, -0.25) is 0 Å². The third-order valence-corrected chi connectivity index (χ3v) is 3.26. The number of nitrogens with zero attached hydrogens (tertiary/aromatic N) is 2. The summed E-state index contributed by atoms with van der Waals surface area (Å²) >= 11 is 0. The number of H-pyrrole nitrogens is 1. The lowest BCUT2D eigenvalue weighted by molar-refractivity contribution is 0.537. The Morgan fingerprint density at radius 2 is 2.47 bits per heavy atom. The molecule has 7 heteroatoms. The van der Waals surface area contributed by atoms with E-state index >= 15 is 0 Å². The zero-order valence-corrected chi connectivity index (χ0v) is 9.08. The van der Waals surface area contributed by atoms with Crippen molar-refractivity contribution in [3.63, 3.8) is 0 Å². The zero-order valence-electron chi connectivity index (χ0n) is 8.27. The molecule has 1 aromatic heterocycles. The first-order chi connectivity index (χ1) is 7.10. The molecule has 1 atom stereocenters. The van der Waals surface area contributed by atoms with Gasteiger partial charge in [-0.05, 0) is 6.42 Å². The highest BCUT2D eigenvalue weighted by Crippen LogP contribution is 2.05. The Bertz CT molecular complexity index is 432. The van der Waals surface area contributed by atoms with Gasteiger partial charge in [-0.2, -0.15) is 5.26 Å². The first kappa shape index (κ1) is 11.7. The summed E-state index contributed by atoms with van der Waals surface area (Å²) < 4.78 is 25.6. The Morgan fingerprint density at radius 3 is 2.93 bits per heavy atom. The molecule has 15 heavy (non-hydrogen) atoms. The molecule has 0 radical (unpaired) electrons. The van der Waals surface area contributed by atoms with Crippen LogP contribution in [-0.4, -0.2) is 24.4 Å². The molecule has 0 saturated carbocycles. The van der Waals surface area contributed by atoms with Crippen LogP contribution in [0.2, 0.25) is 0 Å². The summed E-state index contributed by atoms with van der Waals surface area (Å²) in [4.78, 5) is 6.15. The number of nitrogens with one attached hydrogen (secondary N) is 2. The van der Waals surface area contributed by atoms with Gasteiger partial charge >= 0.3 is 0 Å². The van der Waals surface area contributed by atoms with Crippen LogP contribution in [0.15, 0.2) is 17.6 Å². The van der Waals surface area contributed by atoms with Crippen LogP contribution in [0, 0.1) is 11.3 Å². The van der Waals surface area contributed by atoms with Gasteiger partial charge in [0.15, 0.2) is 0 Å². The summed E-state index contributed by atoms with van der Waals surface area (Å²) in [7, 11) is -3.62. The molecular formula is C8H12N4O2S. The molecule has 0 saturated heterocycles. The van der Waals surface area contributed by atoms with Crippen LogP contribution in [0.1, 0.15) is 19.8 Å². The largest absolute Gasteiger partial charge is 0.334 e. The van der Waals surface area contributed by atoms with Gasteiger partial charge in [0.05, 0.1) is 12.5 Å². The van der Waals surface area contributed by atoms with E-state index in [2.05, 4.69) is 14.7 Å². The summed E-state index contributed by atoms with van der Waals surface area (Å²) in [6.07, 6.45) is 3.50. The molecule has 1 aromatic rings. The molecule has 0 aromatic carbocycles. The van der Waals surface area contributed by atoms with Crippen LogP contribution in [0.3, 0.4) is 0 Å². The maximum absolute atomic E-state index is 11.6. The maximum atomic E-state index is 11.6. The maximum Gasteiger partial charge on any atom is 0.274 e. The van der Waals surface area contributed by atoms with E-state index in [4.69, 9.17) is 5.26 Å². The highest BCUT2D eigenvalue weighted by atomic mass is 32.2. The molecule has 1 heterocycles. The number of imidazole rings is 1. The molecule has 6 nitrogen and oxygen atoms in total. The molecular weight excluding hydrogens is 216 g/mol. The number of rotatable bonds is 5. The minimum atomic E-state index is -3.62. The van der Waals surface area contributed by atoms with Gasteiger partial charge in [0.25, 0.3) is 10.0 Å². The third-order valence-electron chi connectivity index (χ3n) is 1.88. The normalized spacial score (nSPS) is 13.3. The number of sulfonamides is 1. The molecule has 0 aliphatic rings. The van der Waals surface area contributed by atoms with Crippen molar-refractivity contribution in [3.05, 3.63) is 12.4 Å². The Labute approximate surface area is 88.4 Å². The predicted molar refractivity (Wildman–Crippen MR) is 53.2 cm³/mol. The van der Waals surface area contributed by atoms with Crippen LogP contribution in [0.4, 0.5) is 0 Å². The second-order valence-electron chi connectivity index (χ2n) is 2.98. The lowest BCUT2D eigenvalue weighted by Gasteiger charge is -2.11. The van der Waals surface area contributed by atoms with Crippen molar-refractivity contribution in [2.45, 2.75) is 31.0 Å². The molecule has 2 N–H and O–H groups in total. The quantitative estimate of drug-likeness (QED) is 0.761. The summed E-state index contributed by atoms with van der Waals surface area (Å²) in [5.41, 5.74) is 0. The Hall–Kier alpha value is -1.39. The second kappa shape index (κ2) is 4.91. The molecule has 0 bridgehead atoms. The first-order valence-electron chi connectivity index (χ1n) is 4.48. The van der Waals surface area contributed by atoms with Crippen molar-refractivity contribution in [3.8, 4) is 6.07 Å². The monoisotopic (exact) mass is 228 g/mol. The highest BCUT2D eigenvalue weighted by Gasteiger charge is 2.20. The first-order valence-corrected chi connectivity index (χ1v) is 5.97. The topological polar surface area (TPSA) is 98.6 Å². The molecule has 0 fully saturated rings. The summed E-state index contributed by atoms with van der Waals surface area (Å²) in [5.74, 6) is 0. The second-order valence-corrected chi connectivity index (χ2v) is 4.61. The Balaban J connectivity index is 2.77. The van der Waals surface area contributed by atoms with Crippen LogP contribution in [-0.2, 0) is 10.0 Å². The fraction of sp³-hybridized carbons (Fsp3) is 0.500. The van der Waals surface area contributed by atoms with Gasteiger partial charge in [-0.15, -0.1) is 0 Å². The number of aromatic amines is 1. The van der Waals surface area contributed by atoms with Crippen LogP contribution in [0.5, 0.6) is 0 Å². The van der Waals surface area contributed by atoms with Crippen molar-refractivity contribution >= 4 is 10.0 Å². The van der Waals surface area contributed by atoms with E-state index in [0.717, 1.165) is 0 Å². The SMILES string of the molecule is CCC(CC#N)NS(=O)(=O)c1ncc[nH]1. The Morgan fingerprint density at radius 1 is 1.73 bits per heavy atom. The van der Waals surface area contributed by atoms with Crippen molar-refractivity contribution in [2.24, 2.45) is 0 Å². The number of hydrogen-bond donors (Lipinski definition) is 2. The standard InChI is InChI=1S/C8H12N4O2S/c1-2-7(3-4-9)12-15(13,14)8-10-5-6-11-8/h5-7,12H,2-3H2,1H3,(H,10,11). The number of hydrogen-bond acceptors (Lipinski definition) is 4. The lowest BCUT2D eigenvalue weighted by Crippen LogP contribution is -2.34. The van der Waals surface area contributed by atoms with Gasteiger partial charge < -0.3 is 4.98 Å². The molecule has 1 unspecified atom stereocenters. The molecule has 0 aliphatic heterocycles. The molecule has 0 amide bonds. The van der Waals surface area contributed by atoms with Gasteiger partial charge in [-0.1, -0.05) is 6.92 Å². The average Bonchev–Trinajstić information content (AvgIpc) is 2.70. The third kappa shape index (κ3) is 3.04. The van der Waals surface area contributed by atoms with E-state index in [-0.39, 0.29) is 17.6 Å². The fourth-order valence-electron chi connectivity index (χ4n) is 1.05. The fourth-order valence-corrected chi connectivity index (χ4v) is 2.28. The highest BCUT2D eigenvalue weighted by molar-refractivity contribution is 7.89. The van der Waals surface area contributed by atoms with Crippen molar-refractivity contribution < 1.29 is 8.42 Å². The van der Waals surface area contributed by atoms with E-state index in [0.29, 0.717) is 6.42 Å². The van der Waals surface area contributed by atoms with Crippen molar-refractivity contribution in [2.75, 3.05) is 0 Å². The van der Waals surface area contributed by atoms with Crippen molar-refractivity contribution in [1.82, 2.24) is 14.7 Å². The van der Waals surface area contributed by atoms with E-state index < -0.39 is 10.0 Å². The predicted octanol–water partition coefficient (Wildman–Crippen LogP) is 0.380. The van der Waals surface area contributed by atoms with Gasteiger partial charge in [0.1, 0.15) is 0 Å². The van der Waals surface area contributed by atoms with Gasteiger partial charge in [0.2, 0.25) is 5.16 Å². The molecule has 0 spiro atoms. The number of aromatic nitrogens is 2. The number of nitriles is 1. The molecule has 82 valence electrons. The summed E-state index contributed by atoms with van der Waals surface area (Å²) in [6.45, 7) is 1.81. The van der Waals surface area contributed by atoms with Crippen LogP contribution < -0.4 is 4.72 Å².